The molecule has 0 aliphatic carbocycles. The zero-order chi connectivity index (χ0) is 20.9. The van der Waals surface area contributed by atoms with Gasteiger partial charge in [0.25, 0.3) is 0 Å². The third-order valence-corrected chi connectivity index (χ3v) is 3.78. The Bertz CT molecular complexity index is 694. The number of carboxylic acid groups (broad SMARTS) is 1. The SMILES string of the molecule is [2H]C([2H])(N[C@@H]1CCNC1)C(=O)N1C([2H])([2H])CC[C@@]1([2H])B1OC(=O)C(C(=O)O)O1. The van der Waals surface area contributed by atoms with E-state index >= 15 is 0 Å². The minimum absolute atomic E-state index is 0.335. The Labute approximate surface area is 140 Å². The summed E-state index contributed by atoms with van der Waals surface area (Å²) in [6.45, 7) is -4.05. The van der Waals surface area contributed by atoms with Gasteiger partial charge in [0.05, 0.1) is 16.5 Å². The number of nitrogens with zero attached hydrogens (tertiary/aromatic N) is 1. The maximum Gasteiger partial charge on any atom is 0.552 e. The highest BCUT2D eigenvalue weighted by Gasteiger charge is 2.52. The van der Waals surface area contributed by atoms with E-state index < -0.39 is 50.0 Å². The van der Waals surface area contributed by atoms with Crippen molar-refractivity contribution in [3.8, 4) is 0 Å². The van der Waals surface area contributed by atoms with Crippen molar-refractivity contribution in [2.75, 3.05) is 26.1 Å². The minimum atomic E-state index is -2.70. The summed E-state index contributed by atoms with van der Waals surface area (Å²) in [5.74, 6) is -6.57. The zero-order valence-electron chi connectivity index (χ0n) is 17.2. The van der Waals surface area contributed by atoms with Crippen molar-refractivity contribution < 1.29 is 35.7 Å². The first kappa shape index (κ1) is 11.0. The molecule has 23 heavy (non-hydrogen) atoms. The third-order valence-electron chi connectivity index (χ3n) is 3.78. The van der Waals surface area contributed by atoms with Crippen LogP contribution in [0.25, 0.3) is 0 Å². The lowest BCUT2D eigenvalue weighted by atomic mass is 9.77. The molecule has 3 fully saturated rings. The first-order valence-electron chi connectivity index (χ1n) is 9.80. The molecule has 1 unspecified atom stereocenters. The lowest BCUT2D eigenvalue weighted by molar-refractivity contribution is -0.152. The Morgan fingerprint density at radius 3 is 3.09 bits per heavy atom. The molecule has 0 saturated carbocycles. The fraction of sp³-hybridized carbons (Fsp3) is 0.769. The molecule has 3 N–H and O–H groups in total. The van der Waals surface area contributed by atoms with Crippen molar-refractivity contribution in [1.29, 1.82) is 0 Å². The fourth-order valence-electron chi connectivity index (χ4n) is 2.61. The molecule has 10 heteroatoms. The summed E-state index contributed by atoms with van der Waals surface area (Å²) in [5, 5.41) is 14.5. The van der Waals surface area contributed by atoms with Crippen LogP contribution >= 0.6 is 0 Å². The van der Waals surface area contributed by atoms with Gasteiger partial charge in [0.2, 0.25) is 12.0 Å². The monoisotopic (exact) mass is 330 g/mol. The van der Waals surface area contributed by atoms with Gasteiger partial charge in [-0.15, -0.1) is 0 Å². The van der Waals surface area contributed by atoms with Crippen LogP contribution in [0.4, 0.5) is 0 Å². The van der Waals surface area contributed by atoms with E-state index in [0.717, 1.165) is 0 Å². The number of rotatable bonds is 5. The predicted molar refractivity (Wildman–Crippen MR) is 78.4 cm³/mol. The number of hydrogen-bond donors (Lipinski definition) is 3. The van der Waals surface area contributed by atoms with E-state index in [1.165, 1.54) is 0 Å². The summed E-state index contributed by atoms with van der Waals surface area (Å²) < 4.78 is 50.6. The molecule has 126 valence electrons. The second-order valence-corrected chi connectivity index (χ2v) is 5.37. The van der Waals surface area contributed by atoms with Gasteiger partial charge in [-0.1, -0.05) is 0 Å². The van der Waals surface area contributed by atoms with Gasteiger partial charge >= 0.3 is 19.1 Å². The molecule has 3 aliphatic heterocycles. The van der Waals surface area contributed by atoms with Crippen LogP contribution in [-0.2, 0) is 23.7 Å². The van der Waals surface area contributed by atoms with Crippen LogP contribution in [0.2, 0.25) is 0 Å². The number of carbonyl (C=O) groups excluding carboxylic acids is 2. The second-order valence-electron chi connectivity index (χ2n) is 5.37. The van der Waals surface area contributed by atoms with E-state index in [1.807, 2.05) is 0 Å². The molecule has 3 heterocycles. The van der Waals surface area contributed by atoms with E-state index in [9.17, 15) is 14.4 Å². The molecule has 0 spiro atoms. The number of carbonyl (C=O) groups is 3. The molecule has 1 amide bonds. The lowest BCUT2D eigenvalue weighted by Crippen LogP contribution is -2.50. The van der Waals surface area contributed by atoms with Gasteiger partial charge in [0, 0.05) is 21.8 Å². The topological polar surface area (TPSA) is 117 Å². The van der Waals surface area contributed by atoms with Gasteiger partial charge in [-0.2, -0.15) is 0 Å². The molecule has 3 saturated heterocycles. The third kappa shape index (κ3) is 3.49. The first-order chi connectivity index (χ1) is 12.9. The molecular formula is C13H20BN3O6. The number of amides is 1. The average molecular weight is 330 g/mol. The molecule has 0 aromatic heterocycles. The summed E-state index contributed by atoms with van der Waals surface area (Å²) in [6, 6.07) is -0.357. The van der Waals surface area contributed by atoms with Crippen molar-refractivity contribution in [1.82, 2.24) is 15.5 Å². The van der Waals surface area contributed by atoms with Crippen molar-refractivity contribution in [3.63, 3.8) is 0 Å². The quantitative estimate of drug-likeness (QED) is 0.391. The van der Waals surface area contributed by atoms with Gasteiger partial charge in [-0.05, 0) is 25.8 Å². The van der Waals surface area contributed by atoms with Crippen molar-refractivity contribution in [2.24, 2.45) is 0 Å². The molecule has 0 aromatic rings. The molecule has 3 atom stereocenters. The average Bonchev–Trinajstić information content (AvgIpc) is 3.26. The van der Waals surface area contributed by atoms with Crippen molar-refractivity contribution in [3.05, 3.63) is 0 Å². The van der Waals surface area contributed by atoms with Gasteiger partial charge in [-0.25, -0.2) is 4.79 Å². The fourth-order valence-corrected chi connectivity index (χ4v) is 2.61. The van der Waals surface area contributed by atoms with Gasteiger partial charge in [0.1, 0.15) is 0 Å². The van der Waals surface area contributed by atoms with E-state index in [1.54, 1.807) is 0 Å². The maximum absolute atomic E-state index is 12.9. The van der Waals surface area contributed by atoms with Crippen molar-refractivity contribution in [2.45, 2.75) is 37.3 Å². The van der Waals surface area contributed by atoms with Crippen LogP contribution in [0.15, 0.2) is 0 Å². The largest absolute Gasteiger partial charge is 0.552 e. The smallest absolute Gasteiger partial charge is 0.506 e. The van der Waals surface area contributed by atoms with Crippen LogP contribution in [0.3, 0.4) is 0 Å². The van der Waals surface area contributed by atoms with Crippen LogP contribution in [0.1, 0.15) is 26.1 Å². The number of likely N-dealkylation sites (tertiary alicyclic amines) is 1. The highest BCUT2D eigenvalue weighted by Crippen LogP contribution is 2.25. The number of nitrogens with one attached hydrogen (secondary N) is 2. The van der Waals surface area contributed by atoms with E-state index in [4.69, 9.17) is 21.3 Å². The van der Waals surface area contributed by atoms with Crippen LogP contribution in [0, 0.1) is 0 Å². The van der Waals surface area contributed by atoms with Gasteiger partial charge in [-0.3, -0.25) is 9.59 Å². The molecule has 3 aliphatic rings. The normalized spacial score (nSPS) is 40.0. The van der Waals surface area contributed by atoms with Gasteiger partial charge in [0.15, 0.2) is 0 Å². The number of carboxylic acids is 1. The van der Waals surface area contributed by atoms with E-state index in [-0.39, 0.29) is 18.9 Å². The van der Waals surface area contributed by atoms with Crippen molar-refractivity contribution >= 4 is 25.0 Å². The molecule has 9 nitrogen and oxygen atoms in total. The molecule has 0 bridgehead atoms. The Kier molecular flexibility index (Phi) is 3.28. The summed E-state index contributed by atoms with van der Waals surface area (Å²) in [6.07, 6.45) is -2.10. The van der Waals surface area contributed by atoms with Crippen LogP contribution in [0.5, 0.6) is 0 Å². The second kappa shape index (κ2) is 6.85. The van der Waals surface area contributed by atoms with Crippen LogP contribution < -0.4 is 10.6 Å². The highest BCUT2D eigenvalue weighted by molar-refractivity contribution is 6.52. The summed E-state index contributed by atoms with van der Waals surface area (Å²) in [7, 11) is -1.86. The van der Waals surface area contributed by atoms with Crippen LogP contribution in [-0.4, -0.2) is 79.1 Å². The molecule has 3 rings (SSSR count). The van der Waals surface area contributed by atoms with E-state index in [0.29, 0.717) is 24.4 Å². The highest BCUT2D eigenvalue weighted by atomic mass is 16.7. The predicted octanol–water partition coefficient (Wildman–Crippen LogP) is -2.02. The van der Waals surface area contributed by atoms with Gasteiger partial charge < -0.3 is 29.9 Å². The molecular weight excluding hydrogens is 305 g/mol. The lowest BCUT2D eigenvalue weighted by Gasteiger charge is -2.25. The first-order valence-corrected chi connectivity index (χ1v) is 7.30. The number of hydrogen-bond acceptors (Lipinski definition) is 7. The summed E-state index contributed by atoms with van der Waals surface area (Å²) in [5.41, 5.74) is 0. The Morgan fingerprint density at radius 2 is 2.43 bits per heavy atom. The minimum Gasteiger partial charge on any atom is -0.506 e. The molecule has 0 aromatic carbocycles. The zero-order valence-corrected chi connectivity index (χ0v) is 12.2. The van der Waals surface area contributed by atoms with E-state index in [2.05, 4.69) is 10.6 Å². The molecule has 0 radical (unpaired) electrons. The standard InChI is InChI=1S/C13H20BN3O6/c18-10(7-16-8-3-4-15-6-8)17-5-1-2-9(17)14-22-11(12(19)20)13(21)23-14/h8-9,11,15-16H,1-7H2,(H,19,20)/t8-,9+,11?/m1/s1/i5D2,7D2,9D. The summed E-state index contributed by atoms with van der Waals surface area (Å²) in [4.78, 5) is 36.0. The maximum atomic E-state index is 12.9. The summed E-state index contributed by atoms with van der Waals surface area (Å²) >= 11 is 0. The Morgan fingerprint density at radius 1 is 1.61 bits per heavy atom. The number of aliphatic carboxylic acids is 1. The Hall–Kier alpha value is -1.65. The Balaban J connectivity index is 1.86.